The van der Waals surface area contributed by atoms with Gasteiger partial charge >= 0.3 is 0 Å². The van der Waals surface area contributed by atoms with Crippen LogP contribution in [0.15, 0.2) is 40.9 Å². The number of benzene rings is 2. The minimum absolute atomic E-state index is 0.0262. The molecule has 2 rings (SSSR count). The SMILES string of the molecule is Nc1ccc(Br)c(NC(=O)c2ccc(Cl)c(F)c2)c1. The number of hydrogen-bond donors (Lipinski definition) is 2. The highest BCUT2D eigenvalue weighted by Gasteiger charge is 2.11. The second kappa shape index (κ2) is 5.59. The van der Waals surface area contributed by atoms with Crippen LogP contribution >= 0.6 is 27.5 Å². The van der Waals surface area contributed by atoms with E-state index in [1.807, 2.05) is 0 Å². The first-order chi connectivity index (χ1) is 8.97. The third kappa shape index (κ3) is 3.24. The largest absolute Gasteiger partial charge is 0.399 e. The molecule has 0 bridgehead atoms. The lowest BCUT2D eigenvalue weighted by atomic mass is 10.2. The molecule has 0 atom stereocenters. The van der Waals surface area contributed by atoms with Crippen molar-refractivity contribution in [2.45, 2.75) is 0 Å². The molecule has 0 unspecified atom stereocenters. The number of halogens is 3. The standard InChI is InChI=1S/C13H9BrClFN2O/c14-9-3-2-8(17)6-12(9)18-13(19)7-1-4-10(15)11(16)5-7/h1-6H,17H2,(H,18,19). The Bertz CT molecular complexity index is 649. The van der Waals surface area contributed by atoms with Gasteiger partial charge in [-0.2, -0.15) is 0 Å². The van der Waals surface area contributed by atoms with Crippen molar-refractivity contribution in [1.29, 1.82) is 0 Å². The lowest BCUT2D eigenvalue weighted by molar-refractivity contribution is 0.102. The summed E-state index contributed by atoms with van der Waals surface area (Å²) in [6.07, 6.45) is 0. The maximum atomic E-state index is 13.3. The monoisotopic (exact) mass is 342 g/mol. The zero-order valence-electron chi connectivity index (χ0n) is 9.58. The molecular formula is C13H9BrClFN2O. The Hall–Kier alpha value is -1.59. The maximum absolute atomic E-state index is 13.3. The van der Waals surface area contributed by atoms with Crippen molar-refractivity contribution in [2.75, 3.05) is 11.1 Å². The van der Waals surface area contributed by atoms with Gasteiger partial charge in [-0.1, -0.05) is 11.6 Å². The molecule has 0 aromatic heterocycles. The number of hydrogen-bond acceptors (Lipinski definition) is 2. The van der Waals surface area contributed by atoms with Gasteiger partial charge in [0, 0.05) is 15.7 Å². The Morgan fingerprint density at radius 1 is 1.26 bits per heavy atom. The van der Waals surface area contributed by atoms with Crippen molar-refractivity contribution < 1.29 is 9.18 Å². The molecule has 0 aliphatic heterocycles. The van der Waals surface area contributed by atoms with Crippen molar-refractivity contribution in [3.8, 4) is 0 Å². The number of nitrogens with one attached hydrogen (secondary N) is 1. The lowest BCUT2D eigenvalue weighted by Gasteiger charge is -2.08. The van der Waals surface area contributed by atoms with Gasteiger partial charge in [-0.3, -0.25) is 4.79 Å². The van der Waals surface area contributed by atoms with Gasteiger partial charge in [-0.15, -0.1) is 0 Å². The summed E-state index contributed by atoms with van der Waals surface area (Å²) in [5.41, 5.74) is 6.84. The van der Waals surface area contributed by atoms with E-state index in [1.54, 1.807) is 18.2 Å². The molecule has 3 nitrogen and oxygen atoms in total. The van der Waals surface area contributed by atoms with Crippen LogP contribution in [0.5, 0.6) is 0 Å². The second-order valence-corrected chi connectivity index (χ2v) is 5.08. The Labute approximate surface area is 122 Å². The third-order valence-electron chi connectivity index (χ3n) is 2.42. The molecule has 0 saturated heterocycles. The maximum Gasteiger partial charge on any atom is 0.255 e. The normalized spacial score (nSPS) is 10.3. The number of anilines is 2. The van der Waals surface area contributed by atoms with E-state index in [9.17, 15) is 9.18 Å². The van der Waals surface area contributed by atoms with Crippen LogP contribution in [0.25, 0.3) is 0 Å². The molecule has 2 aromatic carbocycles. The molecule has 1 amide bonds. The van der Waals surface area contributed by atoms with Crippen LogP contribution in [0, 0.1) is 5.82 Å². The predicted molar refractivity (Wildman–Crippen MR) is 77.9 cm³/mol. The molecule has 19 heavy (non-hydrogen) atoms. The average Bonchev–Trinajstić information content (AvgIpc) is 2.37. The zero-order chi connectivity index (χ0) is 14.0. The van der Waals surface area contributed by atoms with E-state index in [0.717, 1.165) is 6.07 Å². The summed E-state index contributed by atoms with van der Waals surface area (Å²) in [5.74, 6) is -1.08. The van der Waals surface area contributed by atoms with E-state index in [-0.39, 0.29) is 10.6 Å². The molecule has 0 aliphatic carbocycles. The Morgan fingerprint density at radius 2 is 2.00 bits per heavy atom. The third-order valence-corrected chi connectivity index (χ3v) is 3.42. The molecule has 6 heteroatoms. The van der Waals surface area contributed by atoms with E-state index < -0.39 is 11.7 Å². The fourth-order valence-corrected chi connectivity index (χ4v) is 1.93. The Balaban J connectivity index is 2.25. The van der Waals surface area contributed by atoms with Crippen LogP contribution in [-0.2, 0) is 0 Å². The van der Waals surface area contributed by atoms with Crippen molar-refractivity contribution >= 4 is 44.8 Å². The highest BCUT2D eigenvalue weighted by Crippen LogP contribution is 2.25. The van der Waals surface area contributed by atoms with E-state index in [4.69, 9.17) is 17.3 Å². The van der Waals surface area contributed by atoms with Crippen LogP contribution in [0.2, 0.25) is 5.02 Å². The number of nitrogen functional groups attached to an aromatic ring is 1. The summed E-state index contributed by atoms with van der Waals surface area (Å²) in [6.45, 7) is 0. The Kier molecular flexibility index (Phi) is 4.07. The first kappa shape index (κ1) is 13.8. The molecule has 0 saturated carbocycles. The highest BCUT2D eigenvalue weighted by atomic mass is 79.9. The fourth-order valence-electron chi connectivity index (χ4n) is 1.47. The minimum atomic E-state index is -0.638. The van der Waals surface area contributed by atoms with E-state index in [1.165, 1.54) is 12.1 Å². The van der Waals surface area contributed by atoms with E-state index in [2.05, 4.69) is 21.2 Å². The van der Waals surface area contributed by atoms with Crippen LogP contribution in [0.1, 0.15) is 10.4 Å². The van der Waals surface area contributed by atoms with Crippen LogP contribution < -0.4 is 11.1 Å². The summed E-state index contributed by atoms with van der Waals surface area (Å²) in [5, 5.41) is 2.61. The molecular weight excluding hydrogens is 335 g/mol. The number of carbonyl (C=O) groups excluding carboxylic acids is 1. The quantitative estimate of drug-likeness (QED) is 0.807. The molecule has 2 aromatic rings. The summed E-state index contributed by atoms with van der Waals surface area (Å²) < 4.78 is 14.0. The highest BCUT2D eigenvalue weighted by molar-refractivity contribution is 9.10. The first-order valence-corrected chi connectivity index (χ1v) is 6.46. The summed E-state index contributed by atoms with van der Waals surface area (Å²) in [4.78, 5) is 12.0. The van der Waals surface area contributed by atoms with E-state index >= 15 is 0 Å². The van der Waals surface area contributed by atoms with Gasteiger partial charge in [0.25, 0.3) is 5.91 Å². The van der Waals surface area contributed by atoms with Crippen molar-refractivity contribution in [1.82, 2.24) is 0 Å². The van der Waals surface area contributed by atoms with Gasteiger partial charge in [0.15, 0.2) is 0 Å². The number of amides is 1. The molecule has 0 spiro atoms. The lowest BCUT2D eigenvalue weighted by Crippen LogP contribution is -2.12. The molecule has 0 aliphatic rings. The van der Waals surface area contributed by atoms with Crippen molar-refractivity contribution in [2.24, 2.45) is 0 Å². The van der Waals surface area contributed by atoms with Gasteiger partial charge < -0.3 is 11.1 Å². The van der Waals surface area contributed by atoms with E-state index in [0.29, 0.717) is 15.8 Å². The molecule has 0 fully saturated rings. The molecule has 0 radical (unpaired) electrons. The average molecular weight is 344 g/mol. The Morgan fingerprint density at radius 3 is 2.68 bits per heavy atom. The number of carbonyl (C=O) groups is 1. The smallest absolute Gasteiger partial charge is 0.255 e. The summed E-state index contributed by atoms with van der Waals surface area (Å²) in [6, 6.07) is 8.88. The van der Waals surface area contributed by atoms with Gasteiger partial charge in [0.2, 0.25) is 0 Å². The van der Waals surface area contributed by atoms with Crippen molar-refractivity contribution in [3.05, 3.63) is 57.3 Å². The number of nitrogens with two attached hydrogens (primary N) is 1. The van der Waals surface area contributed by atoms with Crippen molar-refractivity contribution in [3.63, 3.8) is 0 Å². The minimum Gasteiger partial charge on any atom is -0.399 e. The van der Waals surface area contributed by atoms with Crippen LogP contribution in [0.4, 0.5) is 15.8 Å². The summed E-state index contributed by atoms with van der Waals surface area (Å²) in [7, 11) is 0. The van der Waals surface area contributed by atoms with Gasteiger partial charge in [0.1, 0.15) is 5.82 Å². The number of rotatable bonds is 2. The van der Waals surface area contributed by atoms with Crippen LogP contribution in [-0.4, -0.2) is 5.91 Å². The van der Waals surface area contributed by atoms with Gasteiger partial charge in [0.05, 0.1) is 10.7 Å². The molecule has 3 N–H and O–H groups in total. The predicted octanol–water partition coefficient (Wildman–Crippen LogP) is 4.08. The first-order valence-electron chi connectivity index (χ1n) is 5.29. The zero-order valence-corrected chi connectivity index (χ0v) is 11.9. The van der Waals surface area contributed by atoms with Gasteiger partial charge in [-0.05, 0) is 52.3 Å². The topological polar surface area (TPSA) is 55.1 Å². The van der Waals surface area contributed by atoms with Crippen LogP contribution in [0.3, 0.4) is 0 Å². The second-order valence-electron chi connectivity index (χ2n) is 3.82. The molecule has 0 heterocycles. The summed E-state index contributed by atoms with van der Waals surface area (Å²) >= 11 is 8.85. The van der Waals surface area contributed by atoms with Gasteiger partial charge in [-0.25, -0.2) is 4.39 Å². The molecule has 98 valence electrons. The fraction of sp³-hybridized carbons (Fsp3) is 0.